The third-order valence-corrected chi connectivity index (χ3v) is 7.33. The first-order chi connectivity index (χ1) is 18.7. The molecular formula is C30H32ClF3N2O4. The average Bonchev–Trinajstić information content (AvgIpc) is 2.88. The van der Waals surface area contributed by atoms with Crippen LogP contribution in [0.5, 0.6) is 11.5 Å². The molecule has 1 saturated heterocycles. The van der Waals surface area contributed by atoms with E-state index in [1.807, 2.05) is 27.7 Å². The van der Waals surface area contributed by atoms with Gasteiger partial charge in [-0.1, -0.05) is 23.7 Å². The second kappa shape index (κ2) is 11.6. The molecule has 3 aromatic rings. The number of pyridine rings is 1. The van der Waals surface area contributed by atoms with Gasteiger partial charge in [-0.3, -0.25) is 4.79 Å². The summed E-state index contributed by atoms with van der Waals surface area (Å²) >= 11 is 6.60. The van der Waals surface area contributed by atoms with Crippen molar-refractivity contribution >= 4 is 17.7 Å². The molecule has 1 aliphatic heterocycles. The molecule has 0 aliphatic carbocycles. The Morgan fingerprint density at radius 1 is 1.02 bits per heavy atom. The summed E-state index contributed by atoms with van der Waals surface area (Å²) in [6.07, 6.45) is -1.51. The molecular weight excluding hydrogens is 545 g/mol. The van der Waals surface area contributed by atoms with Crippen LogP contribution in [0.2, 0.25) is 5.02 Å². The molecule has 2 aromatic carbocycles. The Hall–Kier alpha value is -3.46. The normalized spacial score (nSPS) is 15.6. The largest absolute Gasteiger partial charge is 0.456 e. The molecule has 6 nitrogen and oxygen atoms in total. The van der Waals surface area contributed by atoms with Crippen LogP contribution in [0, 0.1) is 5.92 Å². The minimum absolute atomic E-state index is 0.0767. The molecule has 1 amide bonds. The van der Waals surface area contributed by atoms with Crippen LogP contribution in [0.4, 0.5) is 18.0 Å². The van der Waals surface area contributed by atoms with Crippen LogP contribution in [-0.2, 0) is 10.9 Å². The minimum Gasteiger partial charge on any atom is -0.456 e. The van der Waals surface area contributed by atoms with Crippen molar-refractivity contribution in [3.05, 3.63) is 81.7 Å². The third kappa shape index (κ3) is 6.99. The molecule has 214 valence electrons. The molecule has 0 radical (unpaired) electrons. The molecule has 1 aliphatic rings. The van der Waals surface area contributed by atoms with Gasteiger partial charge in [0.2, 0.25) is 0 Å². The topological polar surface area (TPSA) is 60.8 Å². The van der Waals surface area contributed by atoms with Crippen LogP contribution in [0.1, 0.15) is 52.1 Å². The van der Waals surface area contributed by atoms with E-state index < -0.39 is 17.3 Å². The molecule has 1 aromatic heterocycles. The first kappa shape index (κ1) is 29.5. The Balaban J connectivity index is 1.46. The van der Waals surface area contributed by atoms with Gasteiger partial charge < -0.3 is 18.9 Å². The van der Waals surface area contributed by atoms with Gasteiger partial charge in [0.1, 0.15) is 17.1 Å². The lowest BCUT2D eigenvalue weighted by molar-refractivity contribution is -0.137. The Labute approximate surface area is 236 Å². The molecule has 0 bridgehead atoms. The van der Waals surface area contributed by atoms with Crippen molar-refractivity contribution in [2.24, 2.45) is 5.92 Å². The molecule has 0 spiro atoms. The molecule has 2 heterocycles. The van der Waals surface area contributed by atoms with Crippen LogP contribution < -0.4 is 10.3 Å². The van der Waals surface area contributed by atoms with E-state index in [0.717, 1.165) is 25.0 Å². The van der Waals surface area contributed by atoms with Crippen LogP contribution in [-0.4, -0.2) is 34.3 Å². The van der Waals surface area contributed by atoms with Crippen molar-refractivity contribution in [2.75, 3.05) is 13.1 Å². The average molecular weight is 577 g/mol. The lowest BCUT2D eigenvalue weighted by atomic mass is 9.90. The van der Waals surface area contributed by atoms with E-state index in [2.05, 4.69) is 0 Å². The van der Waals surface area contributed by atoms with E-state index in [0.29, 0.717) is 24.2 Å². The first-order valence-corrected chi connectivity index (χ1v) is 13.4. The van der Waals surface area contributed by atoms with E-state index in [1.165, 1.54) is 18.2 Å². The van der Waals surface area contributed by atoms with Gasteiger partial charge in [-0.15, -0.1) is 0 Å². The van der Waals surface area contributed by atoms with Crippen LogP contribution >= 0.6 is 11.6 Å². The van der Waals surface area contributed by atoms with E-state index in [1.54, 1.807) is 39.9 Å². The fourth-order valence-corrected chi connectivity index (χ4v) is 5.04. The Bertz CT molecular complexity index is 1410. The van der Waals surface area contributed by atoms with E-state index >= 15 is 0 Å². The zero-order valence-corrected chi connectivity index (χ0v) is 23.6. The zero-order chi connectivity index (χ0) is 29.2. The fourth-order valence-electron chi connectivity index (χ4n) is 4.76. The van der Waals surface area contributed by atoms with Gasteiger partial charge in [0.15, 0.2) is 0 Å². The summed E-state index contributed by atoms with van der Waals surface area (Å²) in [6.45, 7) is 8.65. The van der Waals surface area contributed by atoms with E-state index in [4.69, 9.17) is 21.1 Å². The number of carbonyl (C=O) groups excluding carboxylic acids is 1. The van der Waals surface area contributed by atoms with Gasteiger partial charge in [-0.2, -0.15) is 13.2 Å². The Kier molecular flexibility index (Phi) is 8.54. The monoisotopic (exact) mass is 576 g/mol. The summed E-state index contributed by atoms with van der Waals surface area (Å²) in [5.41, 5.74) is -0.356. The molecule has 10 heteroatoms. The van der Waals surface area contributed by atoms with Crippen LogP contribution in [0.3, 0.4) is 0 Å². The summed E-state index contributed by atoms with van der Waals surface area (Å²) in [5, 5.41) is 0.238. The van der Waals surface area contributed by atoms with Gasteiger partial charge in [0, 0.05) is 37.0 Å². The summed E-state index contributed by atoms with van der Waals surface area (Å²) in [5.74, 6) is 0.675. The number of halogens is 4. The number of benzene rings is 2. The predicted octanol–water partition coefficient (Wildman–Crippen LogP) is 8.19. The van der Waals surface area contributed by atoms with E-state index in [-0.39, 0.29) is 40.1 Å². The van der Waals surface area contributed by atoms with E-state index in [9.17, 15) is 22.8 Å². The Morgan fingerprint density at radius 2 is 1.68 bits per heavy atom. The maximum absolute atomic E-state index is 13.1. The number of nitrogens with zero attached hydrogens (tertiary/aromatic N) is 2. The fraction of sp³-hybridized carbons (Fsp3) is 0.400. The summed E-state index contributed by atoms with van der Waals surface area (Å²) in [6, 6.07) is 12.6. The first-order valence-electron chi connectivity index (χ1n) is 13.1. The lowest BCUT2D eigenvalue weighted by Crippen LogP contribution is -2.43. The standard InChI is InChI=1S/C30H32ClF3N2O4/c1-19(20-12-15-35(16-13-20)28(38)40-29(2,3)4)36-17-14-21(18-26(36)37)24-6-5-7-25(27(24)31)39-23-10-8-22(9-11-23)30(32,33)34/h5-11,14,17-20H,12-13,15-16H2,1-4H3. The number of piperidine rings is 1. The zero-order valence-electron chi connectivity index (χ0n) is 22.8. The highest BCUT2D eigenvalue weighted by Gasteiger charge is 2.31. The number of likely N-dealkylation sites (tertiary alicyclic amines) is 1. The maximum Gasteiger partial charge on any atom is 0.416 e. The number of ether oxygens (including phenoxy) is 2. The molecule has 0 saturated carbocycles. The number of aromatic nitrogens is 1. The minimum atomic E-state index is -4.44. The highest BCUT2D eigenvalue weighted by molar-refractivity contribution is 6.34. The molecule has 1 fully saturated rings. The number of rotatable bonds is 5. The second-order valence-electron chi connectivity index (χ2n) is 10.9. The third-order valence-electron chi connectivity index (χ3n) is 6.94. The number of hydrogen-bond acceptors (Lipinski definition) is 4. The van der Waals surface area contributed by atoms with Crippen LogP contribution in [0.15, 0.2) is 65.6 Å². The van der Waals surface area contributed by atoms with Crippen LogP contribution in [0.25, 0.3) is 11.1 Å². The van der Waals surface area contributed by atoms with Crippen molar-refractivity contribution in [1.29, 1.82) is 0 Å². The molecule has 4 rings (SSSR count). The smallest absolute Gasteiger partial charge is 0.416 e. The Morgan fingerprint density at radius 3 is 2.25 bits per heavy atom. The van der Waals surface area contributed by atoms with Crippen molar-refractivity contribution in [3.8, 4) is 22.6 Å². The van der Waals surface area contributed by atoms with Crippen molar-refractivity contribution in [3.63, 3.8) is 0 Å². The molecule has 1 atom stereocenters. The van der Waals surface area contributed by atoms with Crippen molar-refractivity contribution in [1.82, 2.24) is 9.47 Å². The molecule has 0 N–H and O–H groups in total. The number of carbonyl (C=O) groups is 1. The molecule has 1 unspecified atom stereocenters. The quantitative estimate of drug-likeness (QED) is 0.307. The SMILES string of the molecule is CC(C1CCN(C(=O)OC(C)(C)C)CC1)n1ccc(-c2cccc(Oc3ccc(C(F)(F)F)cc3)c2Cl)cc1=O. The second-order valence-corrected chi connectivity index (χ2v) is 11.3. The van der Waals surface area contributed by atoms with Gasteiger partial charge in [0.05, 0.1) is 10.6 Å². The number of amides is 1. The molecule has 40 heavy (non-hydrogen) atoms. The van der Waals surface area contributed by atoms with Crippen molar-refractivity contribution < 1.29 is 27.4 Å². The van der Waals surface area contributed by atoms with Gasteiger partial charge in [0.25, 0.3) is 5.56 Å². The summed E-state index contributed by atoms with van der Waals surface area (Å²) in [7, 11) is 0. The maximum atomic E-state index is 13.1. The number of alkyl halides is 3. The van der Waals surface area contributed by atoms with Crippen molar-refractivity contribution in [2.45, 2.75) is 58.4 Å². The summed E-state index contributed by atoms with van der Waals surface area (Å²) in [4.78, 5) is 27.2. The highest BCUT2D eigenvalue weighted by Crippen LogP contribution is 2.38. The van der Waals surface area contributed by atoms with Gasteiger partial charge >= 0.3 is 12.3 Å². The number of hydrogen-bond donors (Lipinski definition) is 0. The highest BCUT2D eigenvalue weighted by atomic mass is 35.5. The summed E-state index contributed by atoms with van der Waals surface area (Å²) < 4.78 is 51.5. The van der Waals surface area contributed by atoms with Gasteiger partial charge in [-0.25, -0.2) is 4.79 Å². The lowest BCUT2D eigenvalue weighted by Gasteiger charge is -2.36. The predicted molar refractivity (Wildman–Crippen MR) is 148 cm³/mol. The van der Waals surface area contributed by atoms with Gasteiger partial charge in [-0.05, 0) is 88.4 Å².